The number of nitrogens with one attached hydrogen (secondary N) is 1. The van der Waals surface area contributed by atoms with Gasteiger partial charge in [0.2, 0.25) is 5.91 Å². The first-order valence-corrected chi connectivity index (χ1v) is 7.67. The lowest BCUT2D eigenvalue weighted by Gasteiger charge is -2.26. The molecule has 1 aliphatic rings. The molecule has 0 aliphatic carbocycles. The number of carbonyl (C=O) groups is 3. The molecular formula is C16H22N2O5. The average molecular weight is 322 g/mol. The monoisotopic (exact) mass is 322 g/mol. The standard InChI is InChI=1S/C16H22N2O5/c1-9(2)13(17-14(19)12-5-4-6-23-12)15(20)18-7-10(3)11(8-18)16(21)22/h4-6,9-11,13H,7-8H2,1-3H3,(H,17,19)(H,21,22)/t10-,11-,13?/m1/s1. The number of hydrogen-bond acceptors (Lipinski definition) is 4. The lowest BCUT2D eigenvalue weighted by molar-refractivity contribution is -0.142. The summed E-state index contributed by atoms with van der Waals surface area (Å²) in [5.74, 6) is -2.26. The third kappa shape index (κ3) is 3.72. The SMILES string of the molecule is CC(C)C(NC(=O)c1ccco1)C(=O)N1C[C@@H](C)[C@H](C(=O)O)C1. The van der Waals surface area contributed by atoms with Gasteiger partial charge in [0.05, 0.1) is 12.2 Å². The molecule has 2 heterocycles. The number of rotatable bonds is 5. The van der Waals surface area contributed by atoms with Crippen LogP contribution < -0.4 is 5.32 Å². The molecule has 1 aromatic heterocycles. The van der Waals surface area contributed by atoms with E-state index in [-0.39, 0.29) is 30.0 Å². The van der Waals surface area contributed by atoms with Gasteiger partial charge in [-0.15, -0.1) is 0 Å². The van der Waals surface area contributed by atoms with Crippen LogP contribution in [0.25, 0.3) is 0 Å². The molecule has 3 atom stereocenters. The normalized spacial score (nSPS) is 22.2. The zero-order chi connectivity index (χ0) is 17.1. The van der Waals surface area contributed by atoms with Crippen LogP contribution in [0.3, 0.4) is 0 Å². The third-order valence-electron chi connectivity index (χ3n) is 4.21. The van der Waals surface area contributed by atoms with Gasteiger partial charge in [0, 0.05) is 13.1 Å². The van der Waals surface area contributed by atoms with E-state index in [1.165, 1.54) is 17.2 Å². The second-order valence-electron chi connectivity index (χ2n) is 6.34. The highest BCUT2D eigenvalue weighted by atomic mass is 16.4. The van der Waals surface area contributed by atoms with Crippen LogP contribution in [0.4, 0.5) is 0 Å². The van der Waals surface area contributed by atoms with Gasteiger partial charge in [0.1, 0.15) is 6.04 Å². The molecule has 0 aromatic carbocycles. The molecule has 7 nitrogen and oxygen atoms in total. The van der Waals surface area contributed by atoms with Crippen molar-refractivity contribution >= 4 is 17.8 Å². The minimum atomic E-state index is -0.895. The van der Waals surface area contributed by atoms with Gasteiger partial charge in [-0.1, -0.05) is 20.8 Å². The molecule has 126 valence electrons. The van der Waals surface area contributed by atoms with Crippen molar-refractivity contribution in [2.24, 2.45) is 17.8 Å². The van der Waals surface area contributed by atoms with Gasteiger partial charge in [-0.05, 0) is 24.0 Å². The van der Waals surface area contributed by atoms with E-state index in [9.17, 15) is 19.5 Å². The van der Waals surface area contributed by atoms with E-state index in [1.54, 1.807) is 6.07 Å². The van der Waals surface area contributed by atoms with Crippen molar-refractivity contribution in [3.05, 3.63) is 24.2 Å². The van der Waals surface area contributed by atoms with Gasteiger partial charge in [-0.2, -0.15) is 0 Å². The zero-order valence-electron chi connectivity index (χ0n) is 13.5. The second kappa shape index (κ2) is 6.85. The highest BCUT2D eigenvalue weighted by molar-refractivity contribution is 5.95. The van der Waals surface area contributed by atoms with Gasteiger partial charge in [0.15, 0.2) is 5.76 Å². The maximum Gasteiger partial charge on any atom is 0.308 e. The molecule has 0 spiro atoms. The fourth-order valence-electron chi connectivity index (χ4n) is 2.80. The molecule has 1 aromatic rings. The third-order valence-corrected chi connectivity index (χ3v) is 4.21. The summed E-state index contributed by atoms with van der Waals surface area (Å²) < 4.78 is 5.03. The van der Waals surface area contributed by atoms with Crippen molar-refractivity contribution in [2.75, 3.05) is 13.1 Å². The Morgan fingerprint density at radius 1 is 1.35 bits per heavy atom. The zero-order valence-corrected chi connectivity index (χ0v) is 13.5. The molecule has 1 unspecified atom stereocenters. The fraction of sp³-hybridized carbons (Fsp3) is 0.562. The Morgan fingerprint density at radius 3 is 2.52 bits per heavy atom. The Kier molecular flexibility index (Phi) is 5.08. The molecule has 23 heavy (non-hydrogen) atoms. The molecular weight excluding hydrogens is 300 g/mol. The number of likely N-dealkylation sites (tertiary alicyclic amines) is 1. The van der Waals surface area contributed by atoms with Crippen molar-refractivity contribution in [3.8, 4) is 0 Å². The Balaban J connectivity index is 2.07. The van der Waals surface area contributed by atoms with Crippen LogP contribution in [-0.2, 0) is 9.59 Å². The number of amides is 2. The molecule has 0 saturated carbocycles. The highest BCUT2D eigenvalue weighted by Crippen LogP contribution is 2.24. The summed E-state index contributed by atoms with van der Waals surface area (Å²) in [5.41, 5.74) is 0. The molecule has 2 amide bonds. The predicted octanol–water partition coefficient (Wildman–Crippen LogP) is 1.21. The summed E-state index contributed by atoms with van der Waals surface area (Å²) in [5, 5.41) is 11.9. The molecule has 1 fully saturated rings. The van der Waals surface area contributed by atoms with E-state index in [4.69, 9.17) is 4.42 Å². The highest BCUT2D eigenvalue weighted by Gasteiger charge is 2.40. The quantitative estimate of drug-likeness (QED) is 0.849. The van der Waals surface area contributed by atoms with Crippen LogP contribution in [0, 0.1) is 17.8 Å². The molecule has 1 aliphatic heterocycles. The first-order chi connectivity index (χ1) is 10.8. The molecule has 7 heteroatoms. The second-order valence-corrected chi connectivity index (χ2v) is 6.34. The minimum absolute atomic E-state index is 0.106. The summed E-state index contributed by atoms with van der Waals surface area (Å²) in [6, 6.07) is 2.41. The van der Waals surface area contributed by atoms with Crippen molar-refractivity contribution in [3.63, 3.8) is 0 Å². The lowest BCUT2D eigenvalue weighted by atomic mass is 9.99. The summed E-state index contributed by atoms with van der Waals surface area (Å²) in [7, 11) is 0. The number of carboxylic acid groups (broad SMARTS) is 1. The summed E-state index contributed by atoms with van der Waals surface area (Å²) in [4.78, 5) is 37.5. The van der Waals surface area contributed by atoms with Gasteiger partial charge in [-0.3, -0.25) is 14.4 Å². The molecule has 0 bridgehead atoms. The summed E-state index contributed by atoms with van der Waals surface area (Å²) in [6.07, 6.45) is 1.39. The van der Waals surface area contributed by atoms with Crippen molar-refractivity contribution < 1.29 is 23.9 Å². The van der Waals surface area contributed by atoms with Crippen LogP contribution in [-0.4, -0.2) is 46.9 Å². The number of furan rings is 1. The van der Waals surface area contributed by atoms with Crippen LogP contribution in [0.5, 0.6) is 0 Å². The van der Waals surface area contributed by atoms with Crippen molar-refractivity contribution in [1.29, 1.82) is 0 Å². The predicted molar refractivity (Wildman–Crippen MR) is 81.7 cm³/mol. The minimum Gasteiger partial charge on any atom is -0.481 e. The van der Waals surface area contributed by atoms with Crippen LogP contribution in [0.15, 0.2) is 22.8 Å². The fourth-order valence-corrected chi connectivity index (χ4v) is 2.80. The Labute approximate surface area is 134 Å². The average Bonchev–Trinajstić information content (AvgIpc) is 3.12. The lowest BCUT2D eigenvalue weighted by Crippen LogP contribution is -2.50. The Bertz CT molecular complexity index is 581. The summed E-state index contributed by atoms with van der Waals surface area (Å²) >= 11 is 0. The molecule has 0 radical (unpaired) electrons. The van der Waals surface area contributed by atoms with E-state index in [0.717, 1.165) is 0 Å². The molecule has 1 saturated heterocycles. The number of aliphatic carboxylic acids is 1. The van der Waals surface area contributed by atoms with E-state index < -0.39 is 23.8 Å². The van der Waals surface area contributed by atoms with E-state index in [2.05, 4.69) is 5.32 Å². The van der Waals surface area contributed by atoms with Crippen LogP contribution in [0.2, 0.25) is 0 Å². The topological polar surface area (TPSA) is 99.9 Å². The molecule has 2 rings (SSSR count). The molecule has 2 N–H and O–H groups in total. The number of hydrogen-bond donors (Lipinski definition) is 2. The Hall–Kier alpha value is -2.31. The van der Waals surface area contributed by atoms with Gasteiger partial charge >= 0.3 is 5.97 Å². The number of carboxylic acids is 1. The van der Waals surface area contributed by atoms with Crippen molar-refractivity contribution in [2.45, 2.75) is 26.8 Å². The van der Waals surface area contributed by atoms with Crippen LogP contribution in [0.1, 0.15) is 31.3 Å². The largest absolute Gasteiger partial charge is 0.481 e. The smallest absolute Gasteiger partial charge is 0.308 e. The maximum absolute atomic E-state index is 12.7. The number of carbonyl (C=O) groups excluding carboxylic acids is 2. The first kappa shape index (κ1) is 17.1. The van der Waals surface area contributed by atoms with Gasteiger partial charge < -0.3 is 19.7 Å². The number of nitrogens with zero attached hydrogens (tertiary/aromatic N) is 1. The maximum atomic E-state index is 12.7. The van der Waals surface area contributed by atoms with Crippen molar-refractivity contribution in [1.82, 2.24) is 10.2 Å². The van der Waals surface area contributed by atoms with Gasteiger partial charge in [0.25, 0.3) is 5.91 Å². The first-order valence-electron chi connectivity index (χ1n) is 7.67. The van der Waals surface area contributed by atoms with Crippen LogP contribution >= 0.6 is 0 Å². The summed E-state index contributed by atoms with van der Waals surface area (Å²) in [6.45, 7) is 6.04. The Morgan fingerprint density at radius 2 is 2.04 bits per heavy atom. The van der Waals surface area contributed by atoms with E-state index in [0.29, 0.717) is 6.54 Å². The van der Waals surface area contributed by atoms with Gasteiger partial charge in [-0.25, -0.2) is 0 Å². The van der Waals surface area contributed by atoms with E-state index in [1.807, 2.05) is 20.8 Å². The van der Waals surface area contributed by atoms with E-state index >= 15 is 0 Å².